The number of benzene rings is 2. The van der Waals surface area contributed by atoms with Crippen LogP contribution >= 0.6 is 23.1 Å². The van der Waals surface area contributed by atoms with Crippen LogP contribution in [-0.2, 0) is 12.8 Å². The number of thiophene rings is 1. The van der Waals surface area contributed by atoms with E-state index in [1.807, 2.05) is 61.5 Å². The summed E-state index contributed by atoms with van der Waals surface area (Å²) < 4.78 is 1.68. The van der Waals surface area contributed by atoms with Gasteiger partial charge in [-0.1, -0.05) is 66.7 Å². The van der Waals surface area contributed by atoms with E-state index in [4.69, 9.17) is 4.98 Å². The van der Waals surface area contributed by atoms with E-state index in [0.29, 0.717) is 16.6 Å². The van der Waals surface area contributed by atoms with E-state index in [2.05, 4.69) is 6.92 Å². The van der Waals surface area contributed by atoms with Gasteiger partial charge in [0.1, 0.15) is 4.83 Å². The number of aromatic nitrogens is 2. The second-order valence-corrected chi connectivity index (χ2v) is 10.5. The van der Waals surface area contributed by atoms with Gasteiger partial charge in [-0.15, -0.1) is 11.3 Å². The van der Waals surface area contributed by atoms with Gasteiger partial charge in [0, 0.05) is 10.4 Å². The molecule has 0 saturated heterocycles. The van der Waals surface area contributed by atoms with Crippen molar-refractivity contribution in [2.24, 2.45) is 5.92 Å². The Bertz CT molecular complexity index is 1350. The quantitative estimate of drug-likeness (QED) is 0.213. The highest BCUT2D eigenvalue weighted by Crippen LogP contribution is 2.37. The van der Waals surface area contributed by atoms with Crippen molar-refractivity contribution in [3.05, 3.63) is 86.5 Å². The van der Waals surface area contributed by atoms with Crippen LogP contribution < -0.4 is 5.56 Å². The van der Waals surface area contributed by atoms with Gasteiger partial charge in [-0.3, -0.25) is 14.2 Å². The number of Topliss-reactive ketones (excluding diaryl/α,β-unsaturated/α-hetero) is 1. The SMILES string of the molecule is Cc1ccc(C(=O)CSc2nc3sc4c(c3c(=O)n2-c2ccccc2)CCC(C)C4)cc1. The highest BCUT2D eigenvalue weighted by Gasteiger charge is 2.25. The highest BCUT2D eigenvalue weighted by atomic mass is 32.2. The minimum Gasteiger partial charge on any atom is -0.293 e. The van der Waals surface area contributed by atoms with Gasteiger partial charge >= 0.3 is 0 Å². The number of aryl methyl sites for hydroxylation is 2. The van der Waals surface area contributed by atoms with E-state index in [1.54, 1.807) is 15.9 Å². The zero-order valence-electron chi connectivity index (χ0n) is 18.1. The molecule has 6 heteroatoms. The summed E-state index contributed by atoms with van der Waals surface area (Å²) in [6.45, 7) is 4.27. The van der Waals surface area contributed by atoms with Crippen LogP contribution in [0.5, 0.6) is 0 Å². The maximum atomic E-state index is 13.7. The molecule has 0 bridgehead atoms. The molecule has 0 aliphatic heterocycles. The molecule has 1 aliphatic carbocycles. The highest BCUT2D eigenvalue weighted by molar-refractivity contribution is 7.99. The molecular formula is C26H24N2O2S2. The average Bonchev–Trinajstić information content (AvgIpc) is 3.16. The van der Waals surface area contributed by atoms with Crippen LogP contribution in [0.4, 0.5) is 0 Å². The molecule has 2 aromatic heterocycles. The Morgan fingerprint density at radius 2 is 1.91 bits per heavy atom. The van der Waals surface area contributed by atoms with Gasteiger partial charge in [-0.25, -0.2) is 4.98 Å². The van der Waals surface area contributed by atoms with Crippen LogP contribution in [0.3, 0.4) is 0 Å². The van der Waals surface area contributed by atoms with E-state index in [9.17, 15) is 9.59 Å². The van der Waals surface area contributed by atoms with Crippen molar-refractivity contribution in [3.63, 3.8) is 0 Å². The van der Waals surface area contributed by atoms with Crippen molar-refractivity contribution < 1.29 is 4.79 Å². The lowest BCUT2D eigenvalue weighted by atomic mass is 9.89. The number of ketones is 1. The van der Waals surface area contributed by atoms with Crippen molar-refractivity contribution in [3.8, 4) is 5.69 Å². The standard InChI is InChI=1S/C26H24N2O2S2/c1-16-8-11-18(12-9-16)21(29)15-31-26-27-24-23(20-13-10-17(2)14-22(20)32-24)25(30)28(26)19-6-4-3-5-7-19/h3-9,11-12,17H,10,13-15H2,1-2H3. The Hall–Kier alpha value is -2.70. The summed E-state index contributed by atoms with van der Waals surface area (Å²) in [5, 5.41) is 1.33. The lowest BCUT2D eigenvalue weighted by Crippen LogP contribution is -2.23. The Morgan fingerprint density at radius 3 is 2.66 bits per heavy atom. The third kappa shape index (κ3) is 3.93. The number of carbonyl (C=O) groups is 1. The summed E-state index contributed by atoms with van der Waals surface area (Å²) in [7, 11) is 0. The normalized spacial score (nSPS) is 15.6. The minimum atomic E-state index is -0.0291. The summed E-state index contributed by atoms with van der Waals surface area (Å²) in [6, 6.07) is 17.2. The topological polar surface area (TPSA) is 52.0 Å². The summed E-state index contributed by atoms with van der Waals surface area (Å²) in [6.07, 6.45) is 3.04. The molecule has 1 unspecified atom stereocenters. The zero-order chi connectivity index (χ0) is 22.2. The Morgan fingerprint density at radius 1 is 1.16 bits per heavy atom. The molecule has 2 heterocycles. The minimum absolute atomic E-state index is 0.0291. The Kier molecular flexibility index (Phi) is 5.74. The number of rotatable bonds is 5. The first kappa shape index (κ1) is 21.2. The first-order valence-corrected chi connectivity index (χ1v) is 12.7. The van der Waals surface area contributed by atoms with Gasteiger partial charge in [-0.2, -0.15) is 0 Å². The monoisotopic (exact) mass is 460 g/mol. The summed E-state index contributed by atoms with van der Waals surface area (Å²) >= 11 is 2.98. The van der Waals surface area contributed by atoms with Crippen LogP contribution in [0.25, 0.3) is 15.9 Å². The molecule has 5 rings (SSSR count). The van der Waals surface area contributed by atoms with Gasteiger partial charge in [0.2, 0.25) is 0 Å². The fraction of sp³-hybridized carbons (Fsp3) is 0.269. The fourth-order valence-electron chi connectivity index (χ4n) is 4.23. The molecule has 1 atom stereocenters. The largest absolute Gasteiger partial charge is 0.293 e. The van der Waals surface area contributed by atoms with Crippen molar-refractivity contribution in [1.82, 2.24) is 9.55 Å². The first-order chi connectivity index (χ1) is 15.5. The predicted molar refractivity (Wildman–Crippen MR) is 133 cm³/mol. The Labute approximate surface area is 195 Å². The fourth-order valence-corrected chi connectivity index (χ4v) is 6.56. The molecule has 0 saturated carbocycles. The molecule has 2 aromatic carbocycles. The molecule has 1 aliphatic rings. The Balaban J connectivity index is 1.58. The molecule has 0 N–H and O–H groups in total. The second kappa shape index (κ2) is 8.68. The van der Waals surface area contributed by atoms with Crippen molar-refractivity contribution in [2.75, 3.05) is 5.75 Å². The number of hydrogen-bond acceptors (Lipinski definition) is 5. The van der Waals surface area contributed by atoms with Crippen LogP contribution in [0, 0.1) is 12.8 Å². The maximum absolute atomic E-state index is 13.7. The third-order valence-corrected chi connectivity index (χ3v) is 8.11. The summed E-state index contributed by atoms with van der Waals surface area (Å²) in [4.78, 5) is 33.5. The van der Waals surface area contributed by atoms with Crippen LogP contribution in [0.2, 0.25) is 0 Å². The average molecular weight is 461 g/mol. The second-order valence-electron chi connectivity index (χ2n) is 8.48. The lowest BCUT2D eigenvalue weighted by molar-refractivity contribution is 0.102. The third-order valence-electron chi connectivity index (χ3n) is 6.02. The molecule has 0 spiro atoms. The van der Waals surface area contributed by atoms with Gasteiger partial charge in [-0.05, 0) is 49.8 Å². The maximum Gasteiger partial charge on any atom is 0.267 e. The lowest BCUT2D eigenvalue weighted by Gasteiger charge is -2.17. The van der Waals surface area contributed by atoms with E-state index in [-0.39, 0.29) is 17.1 Å². The van der Waals surface area contributed by atoms with Gasteiger partial charge in [0.15, 0.2) is 10.9 Å². The number of thioether (sulfide) groups is 1. The molecule has 0 radical (unpaired) electrons. The molecule has 4 aromatic rings. The molecular weight excluding hydrogens is 436 g/mol. The van der Waals surface area contributed by atoms with Gasteiger partial charge in [0.05, 0.1) is 16.8 Å². The summed E-state index contributed by atoms with van der Waals surface area (Å²) in [5.41, 5.74) is 3.73. The van der Waals surface area contributed by atoms with Crippen LogP contribution in [0.15, 0.2) is 64.5 Å². The number of hydrogen-bond donors (Lipinski definition) is 0. The predicted octanol–water partition coefficient (Wildman–Crippen LogP) is 5.86. The van der Waals surface area contributed by atoms with Crippen molar-refractivity contribution in [2.45, 2.75) is 38.3 Å². The van der Waals surface area contributed by atoms with Crippen molar-refractivity contribution >= 4 is 39.1 Å². The van der Waals surface area contributed by atoms with E-state index >= 15 is 0 Å². The molecule has 32 heavy (non-hydrogen) atoms. The number of carbonyl (C=O) groups excluding carboxylic acids is 1. The molecule has 0 amide bonds. The van der Waals surface area contributed by atoms with Gasteiger partial charge in [0.25, 0.3) is 5.56 Å². The first-order valence-electron chi connectivity index (χ1n) is 10.9. The number of fused-ring (bicyclic) bond motifs is 3. The van der Waals surface area contributed by atoms with Crippen LogP contribution in [-0.4, -0.2) is 21.1 Å². The number of nitrogens with zero attached hydrogens (tertiary/aromatic N) is 2. The smallest absolute Gasteiger partial charge is 0.267 e. The van der Waals surface area contributed by atoms with E-state index in [0.717, 1.165) is 40.7 Å². The van der Waals surface area contributed by atoms with Crippen molar-refractivity contribution in [1.29, 1.82) is 0 Å². The van der Waals surface area contributed by atoms with Gasteiger partial charge < -0.3 is 0 Å². The van der Waals surface area contributed by atoms with Crippen LogP contribution in [0.1, 0.15) is 39.7 Å². The molecule has 162 valence electrons. The number of para-hydroxylation sites is 1. The molecule has 4 nitrogen and oxygen atoms in total. The summed E-state index contributed by atoms with van der Waals surface area (Å²) in [5.74, 6) is 0.895. The van der Waals surface area contributed by atoms with E-state index in [1.165, 1.54) is 22.2 Å². The molecule has 0 fully saturated rings. The van der Waals surface area contributed by atoms with E-state index < -0.39 is 0 Å². The zero-order valence-corrected chi connectivity index (χ0v) is 19.8.